The number of sulfonamides is 1. The maximum atomic E-state index is 12.6. The zero-order valence-electron chi connectivity index (χ0n) is 15.9. The number of rotatable bonds is 7. The topological polar surface area (TPSA) is 70.9 Å². The Morgan fingerprint density at radius 3 is 2.57 bits per heavy atom. The van der Waals surface area contributed by atoms with Gasteiger partial charge < -0.3 is 10.2 Å². The molecule has 8 heteroatoms. The summed E-state index contributed by atoms with van der Waals surface area (Å²) in [5.41, 5.74) is 0.853. The summed E-state index contributed by atoms with van der Waals surface area (Å²) in [4.78, 5) is 14.6. The Bertz CT molecular complexity index is 888. The third kappa shape index (κ3) is 5.51. The molecule has 0 bridgehead atoms. The van der Waals surface area contributed by atoms with Gasteiger partial charge in [0.25, 0.3) is 5.91 Å². The lowest BCUT2D eigenvalue weighted by atomic mass is 10.2. The van der Waals surface area contributed by atoms with Crippen molar-refractivity contribution in [2.75, 3.05) is 26.2 Å². The maximum Gasteiger partial charge on any atom is 0.278 e. The van der Waals surface area contributed by atoms with Gasteiger partial charge in [-0.05, 0) is 30.0 Å². The Morgan fingerprint density at radius 2 is 1.93 bits per heavy atom. The minimum atomic E-state index is -3.45. The number of hydrogen-bond donors (Lipinski definition) is 2. The molecule has 3 rings (SSSR count). The first-order valence-corrected chi connectivity index (χ1v) is 11.7. The predicted molar refractivity (Wildman–Crippen MR) is 112 cm³/mol. The van der Waals surface area contributed by atoms with Crippen LogP contribution in [0.25, 0.3) is 6.08 Å². The largest absolute Gasteiger partial charge is 0.346 e. The fourth-order valence-corrected chi connectivity index (χ4v) is 5.04. The average molecular weight is 421 g/mol. The van der Waals surface area contributed by atoms with Crippen LogP contribution in [0.1, 0.15) is 17.4 Å². The molecule has 0 unspecified atom stereocenters. The number of carbonyl (C=O) groups is 1. The van der Waals surface area contributed by atoms with E-state index < -0.39 is 10.0 Å². The summed E-state index contributed by atoms with van der Waals surface area (Å²) in [7, 11) is -3.45. The molecule has 2 N–H and O–H groups in total. The minimum Gasteiger partial charge on any atom is -0.346 e. The van der Waals surface area contributed by atoms with Gasteiger partial charge in [0.1, 0.15) is 0 Å². The van der Waals surface area contributed by atoms with Gasteiger partial charge in [-0.2, -0.15) is 4.31 Å². The zero-order chi connectivity index (χ0) is 20.0. The summed E-state index contributed by atoms with van der Waals surface area (Å²) in [6, 6.07) is 13.1. The van der Waals surface area contributed by atoms with Crippen molar-refractivity contribution in [1.29, 1.82) is 0 Å². The van der Waals surface area contributed by atoms with Crippen LogP contribution in [-0.4, -0.2) is 50.9 Å². The molecule has 0 spiro atoms. The molecule has 1 aromatic heterocycles. The van der Waals surface area contributed by atoms with Crippen LogP contribution < -0.4 is 10.2 Å². The SMILES string of the molecule is C[C@@H](C(=O)NCc1cccs1)[NH+]1CCN(S(=O)(=O)/C=C/c2ccccc2)CC1. The number of piperazine rings is 1. The van der Waals surface area contributed by atoms with Crippen molar-refractivity contribution in [2.45, 2.75) is 19.5 Å². The highest BCUT2D eigenvalue weighted by Gasteiger charge is 2.32. The molecular weight excluding hydrogens is 394 g/mol. The number of thiophene rings is 1. The molecule has 1 aromatic carbocycles. The van der Waals surface area contributed by atoms with E-state index in [-0.39, 0.29) is 11.9 Å². The zero-order valence-corrected chi connectivity index (χ0v) is 17.5. The van der Waals surface area contributed by atoms with E-state index in [0.29, 0.717) is 32.7 Å². The van der Waals surface area contributed by atoms with Gasteiger partial charge in [-0.15, -0.1) is 11.3 Å². The molecule has 28 heavy (non-hydrogen) atoms. The van der Waals surface area contributed by atoms with E-state index in [9.17, 15) is 13.2 Å². The van der Waals surface area contributed by atoms with Crippen LogP contribution >= 0.6 is 11.3 Å². The Kier molecular flexibility index (Phi) is 7.01. The number of benzene rings is 1. The molecule has 2 aromatic rings. The number of amides is 1. The van der Waals surface area contributed by atoms with Crippen LogP contribution in [0.5, 0.6) is 0 Å². The second-order valence-corrected chi connectivity index (χ2v) is 9.69. The first kappa shape index (κ1) is 20.7. The van der Waals surface area contributed by atoms with E-state index in [0.717, 1.165) is 15.3 Å². The summed E-state index contributed by atoms with van der Waals surface area (Å²) in [6.45, 7) is 4.51. The van der Waals surface area contributed by atoms with Crippen LogP contribution in [-0.2, 0) is 21.4 Å². The van der Waals surface area contributed by atoms with Gasteiger partial charge in [-0.1, -0.05) is 36.4 Å². The maximum absolute atomic E-state index is 12.6. The quantitative estimate of drug-likeness (QED) is 0.701. The molecule has 1 fully saturated rings. The van der Waals surface area contributed by atoms with Gasteiger partial charge >= 0.3 is 0 Å². The first-order chi connectivity index (χ1) is 13.5. The Balaban J connectivity index is 1.50. The second kappa shape index (κ2) is 9.47. The Hall–Kier alpha value is -2.00. The summed E-state index contributed by atoms with van der Waals surface area (Å²) >= 11 is 1.62. The number of quaternary nitrogens is 1. The van der Waals surface area contributed by atoms with Gasteiger partial charge in [-0.3, -0.25) is 4.79 Å². The highest BCUT2D eigenvalue weighted by molar-refractivity contribution is 7.92. The minimum absolute atomic E-state index is 0.00341. The molecule has 2 heterocycles. The molecule has 0 aliphatic carbocycles. The van der Waals surface area contributed by atoms with Crippen molar-refractivity contribution >= 4 is 33.3 Å². The van der Waals surface area contributed by atoms with E-state index in [2.05, 4.69) is 5.32 Å². The van der Waals surface area contributed by atoms with E-state index in [1.54, 1.807) is 17.4 Å². The van der Waals surface area contributed by atoms with Crippen LogP contribution in [0.2, 0.25) is 0 Å². The fourth-order valence-electron chi connectivity index (χ4n) is 3.20. The Labute approximate surface area is 170 Å². The smallest absolute Gasteiger partial charge is 0.278 e. The van der Waals surface area contributed by atoms with Crippen molar-refractivity contribution in [2.24, 2.45) is 0 Å². The Morgan fingerprint density at radius 1 is 1.21 bits per heavy atom. The standard InChI is InChI=1S/C20H25N3O3S2/c1-17(20(24)21-16-19-8-5-14-27-19)22-10-12-23(13-11-22)28(25,26)15-9-18-6-3-2-4-7-18/h2-9,14-15,17H,10-13,16H2,1H3,(H,21,24)/p+1/b15-9+/t17-/m0/s1. The number of carbonyl (C=O) groups excluding carboxylic acids is 1. The lowest BCUT2D eigenvalue weighted by molar-refractivity contribution is -0.917. The van der Waals surface area contributed by atoms with Crippen LogP contribution in [0, 0.1) is 0 Å². The monoisotopic (exact) mass is 420 g/mol. The van der Waals surface area contributed by atoms with Gasteiger partial charge in [0.05, 0.1) is 32.7 Å². The second-order valence-electron chi connectivity index (χ2n) is 6.83. The molecule has 0 radical (unpaired) electrons. The van der Waals surface area contributed by atoms with E-state index in [4.69, 9.17) is 0 Å². The van der Waals surface area contributed by atoms with Crippen molar-refractivity contribution in [3.05, 3.63) is 63.7 Å². The number of nitrogens with one attached hydrogen (secondary N) is 2. The summed E-state index contributed by atoms with van der Waals surface area (Å²) in [6.07, 6.45) is 1.62. The van der Waals surface area contributed by atoms with Gasteiger partial charge in [0.2, 0.25) is 10.0 Å². The third-order valence-corrected chi connectivity index (χ3v) is 7.42. The molecule has 0 saturated carbocycles. The van der Waals surface area contributed by atoms with Gasteiger partial charge in [0.15, 0.2) is 6.04 Å². The molecular formula is C20H26N3O3S2+. The van der Waals surface area contributed by atoms with Crippen molar-refractivity contribution in [1.82, 2.24) is 9.62 Å². The lowest BCUT2D eigenvalue weighted by Crippen LogP contribution is -3.19. The molecule has 1 aliphatic heterocycles. The molecule has 1 saturated heterocycles. The summed E-state index contributed by atoms with van der Waals surface area (Å²) < 4.78 is 26.6. The normalized spacial score (nSPS) is 17.6. The molecule has 1 atom stereocenters. The molecule has 1 amide bonds. The van der Waals surface area contributed by atoms with Crippen molar-refractivity contribution in [3.63, 3.8) is 0 Å². The highest BCUT2D eigenvalue weighted by atomic mass is 32.2. The average Bonchev–Trinajstić information content (AvgIpc) is 3.24. The van der Waals surface area contributed by atoms with E-state index in [1.807, 2.05) is 54.8 Å². The lowest BCUT2D eigenvalue weighted by Gasteiger charge is -2.33. The molecule has 150 valence electrons. The van der Waals surface area contributed by atoms with Crippen LogP contribution in [0.15, 0.2) is 53.3 Å². The third-order valence-electron chi connectivity index (χ3n) is 4.98. The molecule has 6 nitrogen and oxygen atoms in total. The van der Waals surface area contributed by atoms with Crippen molar-refractivity contribution < 1.29 is 18.1 Å². The van der Waals surface area contributed by atoms with Crippen molar-refractivity contribution in [3.8, 4) is 0 Å². The fraction of sp³-hybridized carbons (Fsp3) is 0.350. The number of hydrogen-bond acceptors (Lipinski definition) is 4. The number of nitrogens with zero attached hydrogens (tertiary/aromatic N) is 1. The van der Waals surface area contributed by atoms with Gasteiger partial charge in [0, 0.05) is 10.3 Å². The van der Waals surface area contributed by atoms with Crippen LogP contribution in [0.4, 0.5) is 0 Å². The molecule has 1 aliphatic rings. The summed E-state index contributed by atoms with van der Waals surface area (Å²) in [5, 5.41) is 6.23. The first-order valence-electron chi connectivity index (χ1n) is 9.33. The van der Waals surface area contributed by atoms with Gasteiger partial charge in [-0.25, -0.2) is 8.42 Å². The summed E-state index contributed by atoms with van der Waals surface area (Å²) in [5.74, 6) is 0.00341. The van der Waals surface area contributed by atoms with E-state index >= 15 is 0 Å². The van der Waals surface area contributed by atoms with E-state index in [1.165, 1.54) is 9.71 Å². The van der Waals surface area contributed by atoms with Crippen LogP contribution in [0.3, 0.4) is 0 Å². The predicted octanol–water partition coefficient (Wildman–Crippen LogP) is 0.954. The highest BCUT2D eigenvalue weighted by Crippen LogP contribution is 2.09.